The number of nitrogens with two attached hydrogens (primary N) is 1. The van der Waals surface area contributed by atoms with Gasteiger partial charge in [-0.2, -0.15) is 0 Å². The predicted octanol–water partition coefficient (Wildman–Crippen LogP) is 3.73. The third-order valence-corrected chi connectivity index (χ3v) is 4.50. The second kappa shape index (κ2) is 9.16. The minimum absolute atomic E-state index is 0.432. The summed E-state index contributed by atoms with van der Waals surface area (Å²) in [4.78, 5) is 2.28. The van der Waals surface area contributed by atoms with Gasteiger partial charge in [0.2, 0.25) is 0 Å². The molecule has 1 atom stereocenters. The van der Waals surface area contributed by atoms with Crippen molar-refractivity contribution >= 4 is 0 Å². The second-order valence-corrected chi connectivity index (χ2v) is 6.83. The predicted molar refractivity (Wildman–Crippen MR) is 95.6 cm³/mol. The Morgan fingerprint density at radius 1 is 1.27 bits per heavy atom. The lowest BCUT2D eigenvalue weighted by molar-refractivity contribution is 0.190. The molecule has 0 amide bonds. The molecule has 126 valence electrons. The van der Waals surface area contributed by atoms with E-state index in [0.717, 1.165) is 31.9 Å². The number of nitrogens with zero attached hydrogens (tertiary/aromatic N) is 1. The molecule has 1 fully saturated rings. The van der Waals surface area contributed by atoms with Crippen molar-refractivity contribution in [1.82, 2.24) is 4.90 Å². The molecule has 3 nitrogen and oxygen atoms in total. The Morgan fingerprint density at radius 2 is 1.95 bits per heavy atom. The lowest BCUT2D eigenvalue weighted by atomic mass is 9.93. The number of rotatable bonds is 7. The molecular formula is C19H34N2O. The van der Waals surface area contributed by atoms with Crippen LogP contribution in [0.25, 0.3) is 0 Å². The van der Waals surface area contributed by atoms with Crippen LogP contribution >= 0.6 is 0 Å². The van der Waals surface area contributed by atoms with Crippen molar-refractivity contribution in [1.29, 1.82) is 0 Å². The molecule has 1 rings (SSSR count). The van der Waals surface area contributed by atoms with E-state index in [9.17, 15) is 0 Å². The molecule has 1 heterocycles. The highest BCUT2D eigenvalue weighted by Gasteiger charge is 2.21. The average molecular weight is 306 g/mol. The third-order valence-electron chi connectivity index (χ3n) is 4.50. The fraction of sp³-hybridized carbons (Fsp3) is 0.684. The summed E-state index contributed by atoms with van der Waals surface area (Å²) in [6, 6.07) is 0.491. The number of likely N-dealkylation sites (N-methyl/N-ethyl adjacent to an activating group) is 1. The van der Waals surface area contributed by atoms with Crippen molar-refractivity contribution in [3.8, 4) is 0 Å². The van der Waals surface area contributed by atoms with E-state index in [0.29, 0.717) is 17.9 Å². The van der Waals surface area contributed by atoms with E-state index in [4.69, 9.17) is 10.5 Å². The van der Waals surface area contributed by atoms with Crippen LogP contribution in [-0.2, 0) is 4.74 Å². The molecular weight excluding hydrogens is 272 g/mol. The van der Waals surface area contributed by atoms with Crippen molar-refractivity contribution in [3.05, 3.63) is 35.1 Å². The zero-order valence-corrected chi connectivity index (χ0v) is 15.2. The maximum Gasteiger partial charge on any atom is 0.0536 e. The summed E-state index contributed by atoms with van der Waals surface area (Å²) in [7, 11) is 2.12. The Kier molecular flexibility index (Phi) is 7.91. The monoisotopic (exact) mass is 306 g/mol. The van der Waals surface area contributed by atoms with E-state index >= 15 is 0 Å². The van der Waals surface area contributed by atoms with Gasteiger partial charge in [-0.05, 0) is 51.3 Å². The zero-order valence-electron chi connectivity index (χ0n) is 15.2. The lowest BCUT2D eigenvalue weighted by Crippen LogP contribution is -2.31. The second-order valence-electron chi connectivity index (χ2n) is 6.83. The summed E-state index contributed by atoms with van der Waals surface area (Å²) < 4.78 is 5.57. The molecule has 1 aliphatic rings. The van der Waals surface area contributed by atoms with Crippen LogP contribution in [0.4, 0.5) is 0 Å². The van der Waals surface area contributed by atoms with Gasteiger partial charge in [0.25, 0.3) is 0 Å². The van der Waals surface area contributed by atoms with Crippen LogP contribution in [0.1, 0.15) is 41.0 Å². The molecule has 0 aromatic heterocycles. The highest BCUT2D eigenvalue weighted by Crippen LogP contribution is 2.25. The minimum Gasteiger partial charge on any atom is -0.401 e. The molecule has 1 saturated heterocycles. The van der Waals surface area contributed by atoms with Crippen LogP contribution in [0.5, 0.6) is 0 Å². The minimum atomic E-state index is 0.432. The van der Waals surface area contributed by atoms with Crippen molar-refractivity contribution < 1.29 is 4.74 Å². The van der Waals surface area contributed by atoms with Crippen LogP contribution in [0.15, 0.2) is 35.1 Å². The largest absolute Gasteiger partial charge is 0.401 e. The van der Waals surface area contributed by atoms with Crippen LogP contribution in [0, 0.1) is 11.8 Å². The summed E-state index contributed by atoms with van der Waals surface area (Å²) in [5.41, 5.74) is 10.0. The first kappa shape index (κ1) is 19.0. The van der Waals surface area contributed by atoms with Crippen LogP contribution in [-0.4, -0.2) is 37.7 Å². The van der Waals surface area contributed by atoms with Gasteiger partial charge in [-0.3, -0.25) is 4.90 Å². The molecule has 0 unspecified atom stereocenters. The standard InChI is InChI=1S/C19H34N2O/c1-7-16(14(2)3)8-9-18(17-10-11-22-13-17)19(20)12-21(6)15(4)5/h7-9,14-15,17H,10-13,20H2,1-6H3/b9-8-,16-7+,19-18+/t17-/m0/s1. The van der Waals surface area contributed by atoms with Gasteiger partial charge in [0, 0.05) is 30.8 Å². The van der Waals surface area contributed by atoms with Gasteiger partial charge in [-0.1, -0.05) is 32.1 Å². The Bertz CT molecular complexity index is 427. The van der Waals surface area contributed by atoms with Gasteiger partial charge in [-0.15, -0.1) is 0 Å². The van der Waals surface area contributed by atoms with E-state index in [2.05, 4.69) is 64.8 Å². The molecule has 0 spiro atoms. The third kappa shape index (κ3) is 5.62. The number of allylic oxidation sites excluding steroid dienone is 4. The van der Waals surface area contributed by atoms with E-state index in [1.54, 1.807) is 0 Å². The zero-order chi connectivity index (χ0) is 16.7. The first-order chi connectivity index (χ1) is 10.4. The summed E-state index contributed by atoms with van der Waals surface area (Å²) in [6.45, 7) is 13.4. The summed E-state index contributed by atoms with van der Waals surface area (Å²) in [5.74, 6) is 0.962. The SMILES string of the molecule is C\C=C(/C=C\C(=C(/N)CN(C)C(C)C)[C@H]1CCOC1)C(C)C. The first-order valence-corrected chi connectivity index (χ1v) is 8.47. The first-order valence-electron chi connectivity index (χ1n) is 8.47. The normalized spacial score (nSPS) is 21.5. The van der Waals surface area contributed by atoms with Gasteiger partial charge < -0.3 is 10.5 Å². The number of ether oxygens (including phenoxy) is 1. The quantitative estimate of drug-likeness (QED) is 0.728. The fourth-order valence-corrected chi connectivity index (χ4v) is 2.64. The molecule has 22 heavy (non-hydrogen) atoms. The molecule has 0 radical (unpaired) electrons. The molecule has 0 aromatic carbocycles. The Morgan fingerprint density at radius 3 is 2.41 bits per heavy atom. The van der Waals surface area contributed by atoms with Crippen molar-refractivity contribution in [2.24, 2.45) is 17.6 Å². The molecule has 0 saturated carbocycles. The molecule has 2 N–H and O–H groups in total. The maximum atomic E-state index is 6.45. The fourth-order valence-electron chi connectivity index (χ4n) is 2.64. The maximum absolute atomic E-state index is 6.45. The van der Waals surface area contributed by atoms with Gasteiger partial charge in [0.15, 0.2) is 0 Å². The van der Waals surface area contributed by atoms with E-state index in [1.807, 2.05) is 0 Å². The topological polar surface area (TPSA) is 38.5 Å². The summed E-state index contributed by atoms with van der Waals surface area (Å²) >= 11 is 0. The van der Waals surface area contributed by atoms with E-state index < -0.39 is 0 Å². The molecule has 1 aliphatic heterocycles. The van der Waals surface area contributed by atoms with Gasteiger partial charge in [0.05, 0.1) is 6.61 Å². The number of hydrogen-bond donors (Lipinski definition) is 1. The smallest absolute Gasteiger partial charge is 0.0536 e. The van der Waals surface area contributed by atoms with E-state index in [1.165, 1.54) is 11.1 Å². The van der Waals surface area contributed by atoms with Crippen LogP contribution in [0.2, 0.25) is 0 Å². The average Bonchev–Trinajstić information content (AvgIpc) is 2.96. The molecule has 0 aromatic rings. The highest BCUT2D eigenvalue weighted by molar-refractivity contribution is 5.33. The summed E-state index contributed by atoms with van der Waals surface area (Å²) in [6.07, 6.45) is 7.69. The van der Waals surface area contributed by atoms with Crippen LogP contribution in [0.3, 0.4) is 0 Å². The van der Waals surface area contributed by atoms with Crippen molar-refractivity contribution in [2.75, 3.05) is 26.8 Å². The lowest BCUT2D eigenvalue weighted by Gasteiger charge is -2.23. The number of hydrogen-bond acceptors (Lipinski definition) is 3. The van der Waals surface area contributed by atoms with E-state index in [-0.39, 0.29) is 0 Å². The molecule has 3 heteroatoms. The Hall–Kier alpha value is -1.06. The van der Waals surface area contributed by atoms with Crippen molar-refractivity contribution in [3.63, 3.8) is 0 Å². The van der Waals surface area contributed by atoms with Gasteiger partial charge in [0.1, 0.15) is 0 Å². The highest BCUT2D eigenvalue weighted by atomic mass is 16.5. The molecule has 0 aliphatic carbocycles. The van der Waals surface area contributed by atoms with Gasteiger partial charge >= 0.3 is 0 Å². The summed E-state index contributed by atoms with van der Waals surface area (Å²) in [5, 5.41) is 0. The Balaban J connectivity index is 2.99. The Labute approximate surface area is 136 Å². The van der Waals surface area contributed by atoms with Crippen molar-refractivity contribution in [2.45, 2.75) is 47.1 Å². The van der Waals surface area contributed by atoms with Gasteiger partial charge in [-0.25, -0.2) is 0 Å². The van der Waals surface area contributed by atoms with Crippen LogP contribution < -0.4 is 5.73 Å². The molecule has 0 bridgehead atoms.